The van der Waals surface area contributed by atoms with Crippen LogP contribution < -0.4 is 10.6 Å². The Morgan fingerprint density at radius 2 is 2.19 bits per heavy atom. The second-order valence-electron chi connectivity index (χ2n) is 3.96. The van der Waals surface area contributed by atoms with E-state index in [0.29, 0.717) is 12.5 Å². The first-order chi connectivity index (χ1) is 7.43. The molecule has 88 valence electrons. The Balaban J connectivity index is 3.12. The molecule has 7 heteroatoms. The molecule has 16 heavy (non-hydrogen) atoms. The van der Waals surface area contributed by atoms with Crippen LogP contribution in [-0.2, 0) is 0 Å². The maximum absolute atomic E-state index is 10.9. The summed E-state index contributed by atoms with van der Waals surface area (Å²) in [6, 6.07) is 0. The highest BCUT2D eigenvalue weighted by atomic mass is 16.6. The summed E-state index contributed by atoms with van der Waals surface area (Å²) in [7, 11) is 1.74. The summed E-state index contributed by atoms with van der Waals surface area (Å²) >= 11 is 0. The molecule has 2 N–H and O–H groups in total. The van der Waals surface area contributed by atoms with Crippen LogP contribution in [0, 0.1) is 16.0 Å². The van der Waals surface area contributed by atoms with Crippen LogP contribution in [0.3, 0.4) is 0 Å². The van der Waals surface area contributed by atoms with Crippen LogP contribution in [0.5, 0.6) is 0 Å². The predicted molar refractivity (Wildman–Crippen MR) is 61.2 cm³/mol. The second-order valence-corrected chi connectivity index (χ2v) is 3.96. The molecule has 0 atom stereocenters. The van der Waals surface area contributed by atoms with Gasteiger partial charge in [0.2, 0.25) is 11.6 Å². The van der Waals surface area contributed by atoms with Crippen LogP contribution in [0.1, 0.15) is 13.8 Å². The van der Waals surface area contributed by atoms with E-state index in [2.05, 4.69) is 9.97 Å². The highest BCUT2D eigenvalue weighted by Gasteiger charge is 2.23. The Labute approximate surface area is 93.4 Å². The lowest BCUT2D eigenvalue weighted by Gasteiger charge is -2.19. The standard InChI is InChI=1S/C9H15N5O2/c1-6(2)4-13(3)9-7(14(15)16)8(10)11-5-12-9/h5-6H,4H2,1-3H3,(H2,10,11,12). The first-order valence-corrected chi connectivity index (χ1v) is 4.89. The van der Waals surface area contributed by atoms with E-state index in [9.17, 15) is 10.1 Å². The predicted octanol–water partition coefficient (Wildman–Crippen LogP) is 1.06. The van der Waals surface area contributed by atoms with Crippen molar-refractivity contribution in [2.75, 3.05) is 24.2 Å². The number of nitrogen functional groups attached to an aromatic ring is 1. The number of nitro groups is 1. The van der Waals surface area contributed by atoms with E-state index in [1.54, 1.807) is 11.9 Å². The van der Waals surface area contributed by atoms with Gasteiger partial charge in [0, 0.05) is 13.6 Å². The molecule has 7 nitrogen and oxygen atoms in total. The van der Waals surface area contributed by atoms with E-state index >= 15 is 0 Å². The Morgan fingerprint density at radius 3 is 2.69 bits per heavy atom. The fourth-order valence-corrected chi connectivity index (χ4v) is 1.47. The molecule has 0 aromatic carbocycles. The molecule has 0 aliphatic carbocycles. The van der Waals surface area contributed by atoms with Crippen molar-refractivity contribution in [1.82, 2.24) is 9.97 Å². The minimum Gasteiger partial charge on any atom is -0.378 e. The highest BCUT2D eigenvalue weighted by molar-refractivity contribution is 5.68. The van der Waals surface area contributed by atoms with E-state index in [0.717, 1.165) is 0 Å². The van der Waals surface area contributed by atoms with Crippen molar-refractivity contribution in [2.24, 2.45) is 5.92 Å². The third kappa shape index (κ3) is 2.56. The normalized spacial score (nSPS) is 10.5. The number of rotatable bonds is 4. The lowest BCUT2D eigenvalue weighted by Crippen LogP contribution is -2.24. The minimum absolute atomic E-state index is 0.106. The SMILES string of the molecule is CC(C)CN(C)c1ncnc(N)c1[N+](=O)[O-]. The molecule has 1 heterocycles. The van der Waals surface area contributed by atoms with Gasteiger partial charge in [-0.2, -0.15) is 0 Å². The van der Waals surface area contributed by atoms with Crippen LogP contribution in [0.4, 0.5) is 17.3 Å². The van der Waals surface area contributed by atoms with Gasteiger partial charge in [-0.05, 0) is 5.92 Å². The van der Waals surface area contributed by atoms with Crippen molar-refractivity contribution in [2.45, 2.75) is 13.8 Å². The summed E-state index contributed by atoms with van der Waals surface area (Å²) in [4.78, 5) is 19.5. The monoisotopic (exact) mass is 225 g/mol. The van der Waals surface area contributed by atoms with Gasteiger partial charge in [0.05, 0.1) is 4.92 Å². The van der Waals surface area contributed by atoms with Crippen LogP contribution in [-0.4, -0.2) is 28.5 Å². The Morgan fingerprint density at radius 1 is 1.56 bits per heavy atom. The van der Waals surface area contributed by atoms with E-state index < -0.39 is 4.92 Å². The number of aromatic nitrogens is 2. The highest BCUT2D eigenvalue weighted by Crippen LogP contribution is 2.29. The van der Waals surface area contributed by atoms with E-state index in [4.69, 9.17) is 5.73 Å². The third-order valence-electron chi connectivity index (χ3n) is 2.01. The first kappa shape index (κ1) is 12.2. The van der Waals surface area contributed by atoms with Gasteiger partial charge in [-0.1, -0.05) is 13.8 Å². The van der Waals surface area contributed by atoms with E-state index in [1.807, 2.05) is 13.8 Å². The van der Waals surface area contributed by atoms with Gasteiger partial charge in [-0.15, -0.1) is 0 Å². The summed E-state index contributed by atoms with van der Waals surface area (Å²) in [5, 5.41) is 10.9. The molecule has 0 aliphatic heterocycles. The summed E-state index contributed by atoms with van der Waals surface area (Å²) in [5.74, 6) is 0.526. The number of hydrogen-bond donors (Lipinski definition) is 1. The molecule has 1 rings (SSSR count). The largest absolute Gasteiger partial charge is 0.378 e. The fourth-order valence-electron chi connectivity index (χ4n) is 1.47. The Bertz CT molecular complexity index is 393. The number of hydrogen-bond acceptors (Lipinski definition) is 6. The summed E-state index contributed by atoms with van der Waals surface area (Å²) in [5.41, 5.74) is 5.24. The average molecular weight is 225 g/mol. The fraction of sp³-hybridized carbons (Fsp3) is 0.556. The molecular formula is C9H15N5O2. The van der Waals surface area contributed by atoms with Gasteiger partial charge in [-0.25, -0.2) is 9.97 Å². The molecule has 0 bridgehead atoms. The van der Waals surface area contributed by atoms with Crippen molar-refractivity contribution in [3.05, 3.63) is 16.4 Å². The summed E-state index contributed by atoms with van der Waals surface area (Å²) in [6.45, 7) is 4.71. The lowest BCUT2D eigenvalue weighted by molar-refractivity contribution is -0.383. The minimum atomic E-state index is -0.554. The zero-order chi connectivity index (χ0) is 12.3. The maximum atomic E-state index is 10.9. The van der Waals surface area contributed by atoms with Crippen molar-refractivity contribution >= 4 is 17.3 Å². The van der Waals surface area contributed by atoms with Crippen molar-refractivity contribution in [3.8, 4) is 0 Å². The lowest BCUT2D eigenvalue weighted by atomic mass is 10.2. The Kier molecular flexibility index (Phi) is 3.60. The average Bonchev–Trinajstić information content (AvgIpc) is 2.15. The molecular weight excluding hydrogens is 210 g/mol. The van der Waals surface area contributed by atoms with Gasteiger partial charge in [0.25, 0.3) is 0 Å². The molecule has 0 fully saturated rings. The maximum Gasteiger partial charge on any atom is 0.353 e. The molecule has 0 unspecified atom stereocenters. The zero-order valence-electron chi connectivity index (χ0n) is 9.54. The molecule has 0 radical (unpaired) electrons. The quantitative estimate of drug-likeness (QED) is 0.607. The zero-order valence-corrected chi connectivity index (χ0v) is 9.54. The smallest absolute Gasteiger partial charge is 0.353 e. The molecule has 0 spiro atoms. The van der Waals surface area contributed by atoms with Crippen molar-refractivity contribution < 1.29 is 4.92 Å². The molecule has 1 aromatic rings. The first-order valence-electron chi connectivity index (χ1n) is 4.89. The van der Waals surface area contributed by atoms with Gasteiger partial charge >= 0.3 is 5.69 Å². The summed E-state index contributed by atoms with van der Waals surface area (Å²) < 4.78 is 0. The van der Waals surface area contributed by atoms with Crippen LogP contribution in [0.25, 0.3) is 0 Å². The molecule has 0 saturated heterocycles. The van der Waals surface area contributed by atoms with Crippen molar-refractivity contribution in [3.63, 3.8) is 0 Å². The van der Waals surface area contributed by atoms with Gasteiger partial charge in [-0.3, -0.25) is 10.1 Å². The second kappa shape index (κ2) is 4.73. The van der Waals surface area contributed by atoms with E-state index in [-0.39, 0.29) is 17.3 Å². The van der Waals surface area contributed by atoms with E-state index in [1.165, 1.54) is 6.33 Å². The van der Waals surface area contributed by atoms with Crippen molar-refractivity contribution in [1.29, 1.82) is 0 Å². The van der Waals surface area contributed by atoms with Crippen LogP contribution in [0.15, 0.2) is 6.33 Å². The molecule has 1 aromatic heterocycles. The third-order valence-corrected chi connectivity index (χ3v) is 2.01. The number of nitrogens with two attached hydrogens (primary N) is 1. The van der Waals surface area contributed by atoms with Gasteiger partial charge in [0.15, 0.2) is 0 Å². The van der Waals surface area contributed by atoms with Crippen LogP contribution in [0.2, 0.25) is 0 Å². The molecule has 0 amide bonds. The summed E-state index contributed by atoms with van der Waals surface area (Å²) in [6.07, 6.45) is 1.23. The topological polar surface area (TPSA) is 98.2 Å². The number of nitrogens with zero attached hydrogens (tertiary/aromatic N) is 4. The van der Waals surface area contributed by atoms with Gasteiger partial charge in [0.1, 0.15) is 6.33 Å². The molecule has 0 saturated carbocycles. The van der Waals surface area contributed by atoms with Gasteiger partial charge < -0.3 is 10.6 Å². The Hall–Kier alpha value is -1.92. The number of anilines is 2. The molecule has 0 aliphatic rings. The van der Waals surface area contributed by atoms with Crippen LogP contribution >= 0.6 is 0 Å².